The average molecular weight is 191 g/mol. The Balaban J connectivity index is 3.49. The topological polar surface area (TPSA) is 0 Å². The van der Waals surface area contributed by atoms with Crippen molar-refractivity contribution in [2.75, 3.05) is 5.33 Å². The zero-order valence-corrected chi connectivity index (χ0v) is 8.03. The third kappa shape index (κ3) is 6.10. The van der Waals surface area contributed by atoms with Gasteiger partial charge >= 0.3 is 0 Å². The van der Waals surface area contributed by atoms with Gasteiger partial charge in [-0.25, -0.2) is 0 Å². The average Bonchev–Trinajstić information content (AvgIpc) is 1.63. The SMILES string of the molecule is C/C(=C\CBr)CC(C)C. The first-order valence-corrected chi connectivity index (χ1v) is 4.50. The molecule has 1 heteroatoms. The first kappa shape index (κ1) is 9.22. The van der Waals surface area contributed by atoms with E-state index in [1.54, 1.807) is 0 Å². The van der Waals surface area contributed by atoms with Crippen LogP contribution in [0.5, 0.6) is 0 Å². The van der Waals surface area contributed by atoms with Crippen molar-refractivity contribution >= 4 is 15.9 Å². The van der Waals surface area contributed by atoms with Gasteiger partial charge in [-0.3, -0.25) is 0 Å². The molecule has 0 rings (SSSR count). The Morgan fingerprint density at radius 2 is 2.11 bits per heavy atom. The van der Waals surface area contributed by atoms with Crippen LogP contribution in [0, 0.1) is 5.92 Å². The molecule has 0 saturated carbocycles. The van der Waals surface area contributed by atoms with Crippen molar-refractivity contribution in [1.82, 2.24) is 0 Å². The predicted octanol–water partition coefficient (Wildman–Crippen LogP) is 3.37. The number of hydrogen-bond acceptors (Lipinski definition) is 0. The van der Waals surface area contributed by atoms with Gasteiger partial charge in [0.05, 0.1) is 0 Å². The number of hydrogen-bond donors (Lipinski definition) is 0. The van der Waals surface area contributed by atoms with Gasteiger partial charge in [0.1, 0.15) is 0 Å². The van der Waals surface area contributed by atoms with Crippen LogP contribution in [0.15, 0.2) is 11.6 Å². The minimum Gasteiger partial charge on any atom is -0.0883 e. The molecule has 0 aliphatic rings. The van der Waals surface area contributed by atoms with Gasteiger partial charge in [0.25, 0.3) is 0 Å². The van der Waals surface area contributed by atoms with E-state index in [1.165, 1.54) is 12.0 Å². The molecule has 0 aromatic heterocycles. The van der Waals surface area contributed by atoms with Crippen molar-refractivity contribution < 1.29 is 0 Å². The highest BCUT2D eigenvalue weighted by molar-refractivity contribution is 9.09. The van der Waals surface area contributed by atoms with E-state index in [0.717, 1.165) is 11.2 Å². The lowest BCUT2D eigenvalue weighted by Gasteiger charge is -2.02. The molecule has 0 aromatic rings. The van der Waals surface area contributed by atoms with Gasteiger partial charge in [0.2, 0.25) is 0 Å². The largest absolute Gasteiger partial charge is 0.0883 e. The second-order valence-corrected chi connectivity index (χ2v) is 3.45. The second-order valence-electron chi connectivity index (χ2n) is 2.80. The Kier molecular flexibility index (Phi) is 5.16. The maximum Gasteiger partial charge on any atom is 0.0214 e. The van der Waals surface area contributed by atoms with E-state index < -0.39 is 0 Å². The molecule has 0 aromatic carbocycles. The molecule has 0 nitrogen and oxygen atoms in total. The van der Waals surface area contributed by atoms with Crippen molar-refractivity contribution in [3.8, 4) is 0 Å². The van der Waals surface area contributed by atoms with Crippen LogP contribution in [-0.2, 0) is 0 Å². The van der Waals surface area contributed by atoms with Gasteiger partial charge in [-0.15, -0.1) is 0 Å². The summed E-state index contributed by atoms with van der Waals surface area (Å²) in [7, 11) is 0. The van der Waals surface area contributed by atoms with Gasteiger partial charge in [-0.1, -0.05) is 41.4 Å². The van der Waals surface area contributed by atoms with Crippen LogP contribution in [0.3, 0.4) is 0 Å². The summed E-state index contributed by atoms with van der Waals surface area (Å²) in [4.78, 5) is 0. The molecule has 0 fully saturated rings. The highest BCUT2D eigenvalue weighted by atomic mass is 79.9. The van der Waals surface area contributed by atoms with Crippen LogP contribution in [0.4, 0.5) is 0 Å². The summed E-state index contributed by atoms with van der Waals surface area (Å²) >= 11 is 3.36. The third-order valence-corrected chi connectivity index (χ3v) is 1.48. The van der Waals surface area contributed by atoms with Gasteiger partial charge in [0.15, 0.2) is 0 Å². The lowest BCUT2D eigenvalue weighted by molar-refractivity contribution is 0.642. The quantitative estimate of drug-likeness (QED) is 0.473. The Labute approximate surface area is 66.5 Å². The van der Waals surface area contributed by atoms with Crippen molar-refractivity contribution in [3.63, 3.8) is 0 Å². The lowest BCUT2D eigenvalue weighted by Crippen LogP contribution is -1.87. The maximum atomic E-state index is 3.36. The third-order valence-electron chi connectivity index (χ3n) is 1.16. The smallest absolute Gasteiger partial charge is 0.0214 e. The Morgan fingerprint density at radius 1 is 1.56 bits per heavy atom. The van der Waals surface area contributed by atoms with Crippen LogP contribution in [0.25, 0.3) is 0 Å². The van der Waals surface area contributed by atoms with E-state index in [9.17, 15) is 0 Å². The van der Waals surface area contributed by atoms with Gasteiger partial charge in [-0.05, 0) is 19.3 Å². The van der Waals surface area contributed by atoms with E-state index in [0.29, 0.717) is 0 Å². The number of allylic oxidation sites excluding steroid dienone is 2. The van der Waals surface area contributed by atoms with Crippen molar-refractivity contribution in [1.29, 1.82) is 0 Å². The highest BCUT2D eigenvalue weighted by Gasteiger charge is 1.93. The summed E-state index contributed by atoms with van der Waals surface area (Å²) in [6.07, 6.45) is 3.45. The van der Waals surface area contributed by atoms with Gasteiger partial charge in [-0.2, -0.15) is 0 Å². The molecule has 0 amide bonds. The van der Waals surface area contributed by atoms with Crippen LogP contribution < -0.4 is 0 Å². The molecule has 54 valence electrons. The standard InChI is InChI=1S/C8H15Br/c1-7(2)6-8(3)4-5-9/h4,7H,5-6H2,1-3H3/b8-4+. The van der Waals surface area contributed by atoms with Crippen molar-refractivity contribution in [2.45, 2.75) is 27.2 Å². The summed E-state index contributed by atoms with van der Waals surface area (Å²) < 4.78 is 0. The minimum atomic E-state index is 0.792. The molecule has 0 atom stereocenters. The zero-order chi connectivity index (χ0) is 7.28. The van der Waals surface area contributed by atoms with Gasteiger partial charge in [0, 0.05) is 5.33 Å². The Morgan fingerprint density at radius 3 is 2.44 bits per heavy atom. The summed E-state index contributed by atoms with van der Waals surface area (Å²) in [5.74, 6) is 0.792. The van der Waals surface area contributed by atoms with E-state index >= 15 is 0 Å². The fourth-order valence-corrected chi connectivity index (χ4v) is 1.41. The molecule has 0 heterocycles. The Hall–Kier alpha value is 0.220. The van der Waals surface area contributed by atoms with Gasteiger partial charge < -0.3 is 0 Å². The maximum absolute atomic E-state index is 3.36. The summed E-state index contributed by atoms with van der Waals surface area (Å²) in [6, 6.07) is 0. The molecule has 0 unspecified atom stereocenters. The first-order chi connectivity index (χ1) is 4.16. The molecule has 0 radical (unpaired) electrons. The molecule has 9 heavy (non-hydrogen) atoms. The second kappa shape index (κ2) is 5.04. The monoisotopic (exact) mass is 190 g/mol. The molecule has 0 spiro atoms. The molecule has 0 saturated heterocycles. The van der Waals surface area contributed by atoms with Crippen LogP contribution >= 0.6 is 15.9 Å². The molecular formula is C8H15Br. The summed E-state index contributed by atoms with van der Waals surface area (Å²) in [6.45, 7) is 6.67. The predicted molar refractivity (Wildman–Crippen MR) is 47.0 cm³/mol. The molecule has 0 aliphatic heterocycles. The summed E-state index contributed by atoms with van der Waals surface area (Å²) in [5.41, 5.74) is 1.49. The van der Waals surface area contributed by atoms with Crippen LogP contribution in [0.2, 0.25) is 0 Å². The van der Waals surface area contributed by atoms with E-state index in [4.69, 9.17) is 0 Å². The summed E-state index contributed by atoms with van der Waals surface area (Å²) in [5, 5.41) is 0.992. The molecule has 0 bridgehead atoms. The first-order valence-electron chi connectivity index (χ1n) is 3.38. The number of alkyl halides is 1. The van der Waals surface area contributed by atoms with Crippen LogP contribution in [0.1, 0.15) is 27.2 Å². The lowest BCUT2D eigenvalue weighted by atomic mass is 10.0. The van der Waals surface area contributed by atoms with E-state index in [2.05, 4.69) is 42.8 Å². The zero-order valence-electron chi connectivity index (χ0n) is 6.45. The highest BCUT2D eigenvalue weighted by Crippen LogP contribution is 2.09. The Bertz CT molecular complexity index is 92.7. The molecule has 0 N–H and O–H groups in total. The molecule has 0 aliphatic carbocycles. The van der Waals surface area contributed by atoms with E-state index in [1.807, 2.05) is 0 Å². The fraction of sp³-hybridized carbons (Fsp3) is 0.750. The normalized spacial score (nSPS) is 12.8. The number of halogens is 1. The van der Waals surface area contributed by atoms with Crippen molar-refractivity contribution in [3.05, 3.63) is 11.6 Å². The fourth-order valence-electron chi connectivity index (χ4n) is 0.859. The number of rotatable bonds is 3. The van der Waals surface area contributed by atoms with Crippen LogP contribution in [-0.4, -0.2) is 5.33 Å². The molecular weight excluding hydrogens is 176 g/mol. The van der Waals surface area contributed by atoms with E-state index in [-0.39, 0.29) is 0 Å². The van der Waals surface area contributed by atoms with Crippen molar-refractivity contribution in [2.24, 2.45) is 5.92 Å². The minimum absolute atomic E-state index is 0.792.